The van der Waals surface area contributed by atoms with E-state index >= 15 is 0 Å². The second kappa shape index (κ2) is 7.68. The number of hydrogen-bond acceptors (Lipinski definition) is 3. The number of fused-ring (bicyclic) bond motifs is 1. The van der Waals surface area contributed by atoms with Gasteiger partial charge < -0.3 is 19.7 Å². The molecule has 1 aliphatic rings. The summed E-state index contributed by atoms with van der Waals surface area (Å²) < 4.78 is 10.8. The lowest BCUT2D eigenvalue weighted by Crippen LogP contribution is -2.44. The summed E-state index contributed by atoms with van der Waals surface area (Å²) >= 11 is 5.56. The van der Waals surface area contributed by atoms with Crippen LogP contribution in [0.25, 0.3) is 0 Å². The van der Waals surface area contributed by atoms with E-state index in [-0.39, 0.29) is 6.04 Å². The van der Waals surface area contributed by atoms with Gasteiger partial charge >= 0.3 is 0 Å². The van der Waals surface area contributed by atoms with Gasteiger partial charge in [0.25, 0.3) is 0 Å². The Hall–Kier alpha value is -1.49. The third-order valence-electron chi connectivity index (χ3n) is 4.25. The fourth-order valence-electron chi connectivity index (χ4n) is 2.90. The third-order valence-corrected chi connectivity index (χ3v) is 4.63. The van der Waals surface area contributed by atoms with Crippen molar-refractivity contribution in [2.75, 3.05) is 27.3 Å². The average Bonchev–Trinajstić information content (AvgIpc) is 2.54. The first-order valence-electron chi connectivity index (χ1n) is 7.91. The van der Waals surface area contributed by atoms with Crippen molar-refractivity contribution in [2.24, 2.45) is 0 Å². The molecule has 5 heteroatoms. The normalized spacial score (nSPS) is 16.9. The summed E-state index contributed by atoms with van der Waals surface area (Å²) in [4.78, 5) is 2.26. The summed E-state index contributed by atoms with van der Waals surface area (Å²) in [6, 6.07) is 4.42. The van der Waals surface area contributed by atoms with Gasteiger partial charge in [-0.3, -0.25) is 0 Å². The number of unbranched alkanes of at least 4 members (excludes halogenated alkanes) is 1. The van der Waals surface area contributed by atoms with Crippen molar-refractivity contribution in [3.63, 3.8) is 0 Å². The zero-order valence-corrected chi connectivity index (χ0v) is 14.8. The summed E-state index contributed by atoms with van der Waals surface area (Å²) in [6.45, 7) is 6.25. The Labute approximate surface area is 138 Å². The molecule has 2 rings (SSSR count). The minimum atomic E-state index is 0.241. The summed E-state index contributed by atoms with van der Waals surface area (Å²) in [7, 11) is 3.35. The maximum atomic E-state index is 5.56. The molecule has 0 aromatic heterocycles. The number of thiocarbonyl (C=S) groups is 1. The van der Waals surface area contributed by atoms with Crippen molar-refractivity contribution in [3.8, 4) is 11.5 Å². The largest absolute Gasteiger partial charge is 0.493 e. The summed E-state index contributed by atoms with van der Waals surface area (Å²) in [5.41, 5.74) is 2.58. The Morgan fingerprint density at radius 1 is 1.32 bits per heavy atom. The van der Waals surface area contributed by atoms with Crippen LogP contribution < -0.4 is 14.8 Å². The molecule has 1 atom stereocenters. The molecule has 0 bridgehead atoms. The molecule has 1 aromatic carbocycles. The first kappa shape index (κ1) is 16.9. The third kappa shape index (κ3) is 3.46. The number of hydrogen-bond donors (Lipinski definition) is 1. The van der Waals surface area contributed by atoms with E-state index in [1.165, 1.54) is 17.5 Å². The van der Waals surface area contributed by atoms with Crippen LogP contribution in [-0.4, -0.2) is 37.3 Å². The van der Waals surface area contributed by atoms with Crippen LogP contribution in [0, 0.1) is 0 Å². The van der Waals surface area contributed by atoms with Crippen LogP contribution in [0.1, 0.15) is 43.9 Å². The summed E-state index contributed by atoms with van der Waals surface area (Å²) in [5.74, 6) is 1.57. The topological polar surface area (TPSA) is 33.7 Å². The molecule has 0 spiro atoms. The van der Waals surface area contributed by atoms with Crippen molar-refractivity contribution in [1.29, 1.82) is 0 Å². The first-order chi connectivity index (χ1) is 10.6. The lowest BCUT2D eigenvalue weighted by atomic mass is 9.93. The molecule has 1 N–H and O–H groups in total. The highest BCUT2D eigenvalue weighted by molar-refractivity contribution is 7.80. The molecule has 0 amide bonds. The van der Waals surface area contributed by atoms with Gasteiger partial charge in [-0.05, 0) is 55.2 Å². The van der Waals surface area contributed by atoms with Crippen molar-refractivity contribution in [1.82, 2.24) is 10.2 Å². The molecule has 0 saturated carbocycles. The zero-order chi connectivity index (χ0) is 16.1. The van der Waals surface area contributed by atoms with E-state index in [4.69, 9.17) is 21.7 Å². The maximum absolute atomic E-state index is 5.56. The van der Waals surface area contributed by atoms with Crippen LogP contribution in [0.2, 0.25) is 0 Å². The molecule has 1 aliphatic heterocycles. The van der Waals surface area contributed by atoms with E-state index in [2.05, 4.69) is 36.2 Å². The van der Waals surface area contributed by atoms with Crippen LogP contribution in [0.5, 0.6) is 11.5 Å². The SMILES string of the molecule is CCCCNC(=S)N1CCc2cc(OC)c(OC)cc2[C@H]1C. The Morgan fingerprint density at radius 3 is 2.64 bits per heavy atom. The van der Waals surface area contributed by atoms with Crippen LogP contribution in [0.3, 0.4) is 0 Å². The quantitative estimate of drug-likeness (QED) is 0.664. The highest BCUT2D eigenvalue weighted by Crippen LogP contribution is 2.37. The maximum Gasteiger partial charge on any atom is 0.169 e. The zero-order valence-electron chi connectivity index (χ0n) is 13.9. The van der Waals surface area contributed by atoms with Gasteiger partial charge in [0.05, 0.1) is 20.3 Å². The molecule has 0 unspecified atom stereocenters. The van der Waals surface area contributed by atoms with Gasteiger partial charge in [-0.15, -0.1) is 0 Å². The molecule has 0 radical (unpaired) electrons. The molecule has 122 valence electrons. The predicted molar refractivity (Wildman–Crippen MR) is 93.9 cm³/mol. The standard InChI is InChI=1S/C17H26N2O2S/c1-5-6-8-18-17(22)19-9-7-13-10-15(20-3)16(21-4)11-14(13)12(19)2/h10-12H,5-9H2,1-4H3,(H,18,22)/t12-/m1/s1. The average molecular weight is 322 g/mol. The van der Waals surface area contributed by atoms with Gasteiger partial charge in [-0.25, -0.2) is 0 Å². The monoisotopic (exact) mass is 322 g/mol. The van der Waals surface area contributed by atoms with Gasteiger partial charge in [0, 0.05) is 13.1 Å². The Kier molecular flexibility index (Phi) is 5.89. The van der Waals surface area contributed by atoms with Gasteiger partial charge in [0.2, 0.25) is 0 Å². The number of rotatable bonds is 5. The fraction of sp³-hybridized carbons (Fsp3) is 0.588. The molecular formula is C17H26N2O2S. The number of ether oxygens (including phenoxy) is 2. The molecule has 0 aliphatic carbocycles. The molecule has 1 aromatic rings. The first-order valence-corrected chi connectivity index (χ1v) is 8.32. The van der Waals surface area contributed by atoms with Gasteiger partial charge in [-0.2, -0.15) is 0 Å². The van der Waals surface area contributed by atoms with E-state index in [9.17, 15) is 0 Å². The van der Waals surface area contributed by atoms with E-state index in [1.54, 1.807) is 14.2 Å². The van der Waals surface area contributed by atoms with Crippen LogP contribution >= 0.6 is 12.2 Å². The number of nitrogens with one attached hydrogen (secondary N) is 1. The second-order valence-corrected chi connectivity index (χ2v) is 6.00. The van der Waals surface area contributed by atoms with Crippen LogP contribution in [-0.2, 0) is 6.42 Å². The highest BCUT2D eigenvalue weighted by Gasteiger charge is 2.27. The molecular weight excluding hydrogens is 296 g/mol. The Bertz CT molecular complexity index is 534. The van der Waals surface area contributed by atoms with Crippen molar-refractivity contribution in [3.05, 3.63) is 23.3 Å². The van der Waals surface area contributed by atoms with Gasteiger partial charge in [0.15, 0.2) is 16.6 Å². The van der Waals surface area contributed by atoms with Crippen molar-refractivity contribution >= 4 is 17.3 Å². The summed E-state index contributed by atoms with van der Waals surface area (Å²) in [5, 5.41) is 4.22. The minimum absolute atomic E-state index is 0.241. The van der Waals surface area contributed by atoms with Crippen molar-refractivity contribution < 1.29 is 9.47 Å². The predicted octanol–water partition coefficient (Wildman–Crippen LogP) is 3.30. The lowest BCUT2D eigenvalue weighted by molar-refractivity contribution is 0.308. The summed E-state index contributed by atoms with van der Waals surface area (Å²) in [6.07, 6.45) is 3.28. The second-order valence-electron chi connectivity index (χ2n) is 5.61. The number of benzene rings is 1. The fourth-order valence-corrected chi connectivity index (χ4v) is 3.25. The molecule has 4 nitrogen and oxygen atoms in total. The van der Waals surface area contributed by atoms with Crippen LogP contribution in [0.4, 0.5) is 0 Å². The van der Waals surface area contributed by atoms with E-state index in [0.717, 1.165) is 42.5 Å². The van der Waals surface area contributed by atoms with E-state index in [1.807, 2.05) is 0 Å². The lowest BCUT2D eigenvalue weighted by Gasteiger charge is -2.37. The Morgan fingerprint density at radius 2 is 2.00 bits per heavy atom. The van der Waals surface area contributed by atoms with Gasteiger partial charge in [-0.1, -0.05) is 13.3 Å². The number of methoxy groups -OCH3 is 2. The van der Waals surface area contributed by atoms with E-state index in [0.29, 0.717) is 0 Å². The minimum Gasteiger partial charge on any atom is -0.493 e. The highest BCUT2D eigenvalue weighted by atomic mass is 32.1. The van der Waals surface area contributed by atoms with E-state index < -0.39 is 0 Å². The van der Waals surface area contributed by atoms with Crippen molar-refractivity contribution in [2.45, 2.75) is 39.2 Å². The number of nitrogens with zero attached hydrogens (tertiary/aromatic N) is 1. The Balaban J connectivity index is 2.18. The molecule has 22 heavy (non-hydrogen) atoms. The van der Waals surface area contributed by atoms with Crippen LogP contribution in [0.15, 0.2) is 12.1 Å². The molecule has 1 heterocycles. The smallest absolute Gasteiger partial charge is 0.169 e. The molecule has 0 saturated heterocycles. The van der Waals surface area contributed by atoms with Gasteiger partial charge in [0.1, 0.15) is 0 Å². The molecule has 0 fully saturated rings.